The predicted octanol–water partition coefficient (Wildman–Crippen LogP) is 3.33. The van der Waals surface area contributed by atoms with Crippen molar-refractivity contribution in [3.05, 3.63) is 11.8 Å². The molecule has 0 heterocycles. The van der Waals surface area contributed by atoms with Gasteiger partial charge in [0.05, 0.1) is 18.3 Å². The Kier molecular flexibility index (Phi) is 4.07. The smallest absolute Gasteiger partial charge is 0.311 e. The van der Waals surface area contributed by atoms with Gasteiger partial charge in [0, 0.05) is 6.42 Å². The molecule has 3 nitrogen and oxygen atoms in total. The summed E-state index contributed by atoms with van der Waals surface area (Å²) in [6, 6.07) is 0. The van der Waals surface area contributed by atoms with Gasteiger partial charge in [-0.1, -0.05) is 0 Å². The summed E-state index contributed by atoms with van der Waals surface area (Å²) >= 11 is 0. The average Bonchev–Trinajstić information content (AvgIpc) is 2.62. The van der Waals surface area contributed by atoms with Crippen molar-refractivity contribution < 1.29 is 14.0 Å². The molecule has 0 fully saturated rings. The Morgan fingerprint density at radius 1 is 1.41 bits per heavy atom. The quantitative estimate of drug-likeness (QED) is 0.572. The van der Waals surface area contributed by atoms with Gasteiger partial charge in [-0.3, -0.25) is 4.79 Å². The van der Waals surface area contributed by atoms with Gasteiger partial charge in [0.15, 0.2) is 0 Å². The van der Waals surface area contributed by atoms with Crippen molar-refractivity contribution in [2.45, 2.75) is 46.3 Å². The van der Waals surface area contributed by atoms with E-state index in [0.29, 0.717) is 0 Å². The summed E-state index contributed by atoms with van der Waals surface area (Å²) < 4.78 is 10.8. The van der Waals surface area contributed by atoms with Crippen molar-refractivity contribution in [2.75, 3.05) is 7.11 Å². The fourth-order valence-electron chi connectivity index (χ4n) is 2.15. The van der Waals surface area contributed by atoms with Gasteiger partial charge in [-0.25, -0.2) is 0 Å². The molecular weight excluding hydrogens is 232 g/mol. The van der Waals surface area contributed by atoms with Gasteiger partial charge in [-0.05, 0) is 51.9 Å². The van der Waals surface area contributed by atoms with Crippen LogP contribution in [-0.2, 0) is 14.0 Å². The molecule has 0 bridgehead atoms. The first-order valence-corrected chi connectivity index (χ1v) is 9.56. The minimum Gasteiger partial charge on any atom is -0.548 e. The molecule has 0 saturated heterocycles. The van der Waals surface area contributed by atoms with Gasteiger partial charge in [-0.2, -0.15) is 0 Å². The minimum absolute atomic E-state index is 0.145. The van der Waals surface area contributed by atoms with Crippen molar-refractivity contribution >= 4 is 14.3 Å². The number of carbonyl (C=O) groups is 1. The topological polar surface area (TPSA) is 35.5 Å². The van der Waals surface area contributed by atoms with Gasteiger partial charge in [0.2, 0.25) is 8.32 Å². The first-order chi connectivity index (χ1) is 7.66. The highest BCUT2D eigenvalue weighted by atomic mass is 28.4. The fourth-order valence-corrected chi connectivity index (χ4v) is 3.11. The lowest BCUT2D eigenvalue weighted by atomic mass is 9.78. The second-order valence-electron chi connectivity index (χ2n) is 6.21. The van der Waals surface area contributed by atoms with Crippen molar-refractivity contribution in [3.8, 4) is 0 Å². The standard InChI is InChI=1S/C13H24O3Si/c1-13(2,12(14)15-3)10-7-8-11(9-10)16-17(4,5)6/h9-10H,7-8H2,1-6H3. The number of ether oxygens (including phenoxy) is 1. The molecule has 0 aliphatic heterocycles. The maximum Gasteiger partial charge on any atom is 0.311 e. The lowest BCUT2D eigenvalue weighted by molar-refractivity contribution is -0.152. The van der Waals surface area contributed by atoms with E-state index in [4.69, 9.17) is 9.16 Å². The molecule has 0 saturated carbocycles. The first kappa shape index (κ1) is 14.3. The SMILES string of the molecule is COC(=O)C(C)(C)C1C=C(O[Si](C)(C)C)CC1. The summed E-state index contributed by atoms with van der Waals surface area (Å²) in [5.74, 6) is 1.14. The van der Waals surface area contributed by atoms with Crippen LogP contribution >= 0.6 is 0 Å². The summed E-state index contributed by atoms with van der Waals surface area (Å²) in [6.45, 7) is 10.4. The van der Waals surface area contributed by atoms with Crippen molar-refractivity contribution in [1.29, 1.82) is 0 Å². The van der Waals surface area contributed by atoms with Crippen LogP contribution in [0.5, 0.6) is 0 Å². The number of esters is 1. The maximum atomic E-state index is 11.7. The monoisotopic (exact) mass is 256 g/mol. The van der Waals surface area contributed by atoms with E-state index in [0.717, 1.165) is 18.6 Å². The van der Waals surface area contributed by atoms with E-state index < -0.39 is 13.7 Å². The van der Waals surface area contributed by atoms with E-state index >= 15 is 0 Å². The molecule has 0 N–H and O–H groups in total. The number of methoxy groups -OCH3 is 1. The Hall–Kier alpha value is -0.773. The van der Waals surface area contributed by atoms with E-state index in [2.05, 4.69) is 25.7 Å². The Balaban J connectivity index is 2.74. The van der Waals surface area contributed by atoms with E-state index in [1.54, 1.807) is 0 Å². The average molecular weight is 256 g/mol. The Morgan fingerprint density at radius 3 is 2.47 bits per heavy atom. The van der Waals surface area contributed by atoms with Crippen molar-refractivity contribution in [2.24, 2.45) is 11.3 Å². The van der Waals surface area contributed by atoms with Gasteiger partial charge >= 0.3 is 5.97 Å². The molecule has 0 aromatic heterocycles. The van der Waals surface area contributed by atoms with Crippen LogP contribution in [0.3, 0.4) is 0 Å². The second kappa shape index (κ2) is 4.84. The summed E-state index contributed by atoms with van der Waals surface area (Å²) in [4.78, 5) is 11.7. The lowest BCUT2D eigenvalue weighted by Crippen LogP contribution is -2.32. The number of allylic oxidation sites excluding steroid dienone is 2. The maximum absolute atomic E-state index is 11.7. The molecule has 4 heteroatoms. The summed E-state index contributed by atoms with van der Waals surface area (Å²) in [6.07, 6.45) is 4.03. The molecule has 1 aliphatic carbocycles. The predicted molar refractivity (Wildman–Crippen MR) is 71.0 cm³/mol. The molecule has 1 rings (SSSR count). The highest BCUT2D eigenvalue weighted by Crippen LogP contribution is 2.39. The number of rotatable bonds is 4. The molecule has 0 aromatic carbocycles. The highest BCUT2D eigenvalue weighted by molar-refractivity contribution is 6.70. The third-order valence-corrected chi connectivity index (χ3v) is 4.04. The van der Waals surface area contributed by atoms with E-state index in [-0.39, 0.29) is 11.9 Å². The van der Waals surface area contributed by atoms with Crippen LogP contribution in [0, 0.1) is 11.3 Å². The molecule has 0 aromatic rings. The Morgan fingerprint density at radius 2 is 2.00 bits per heavy atom. The van der Waals surface area contributed by atoms with Crippen molar-refractivity contribution in [3.63, 3.8) is 0 Å². The molecule has 1 aliphatic rings. The first-order valence-electron chi connectivity index (χ1n) is 6.15. The molecule has 0 radical (unpaired) electrons. The van der Waals surface area contributed by atoms with Gasteiger partial charge in [0.1, 0.15) is 0 Å². The zero-order valence-electron chi connectivity index (χ0n) is 11.8. The third-order valence-electron chi connectivity index (χ3n) is 3.16. The van der Waals surface area contributed by atoms with Crippen LogP contribution in [0.15, 0.2) is 11.8 Å². The minimum atomic E-state index is -1.53. The van der Waals surface area contributed by atoms with E-state index in [9.17, 15) is 4.79 Å². The lowest BCUT2D eigenvalue weighted by Gasteiger charge is -2.26. The molecule has 0 amide bonds. The van der Waals surface area contributed by atoms with Crippen LogP contribution in [-0.4, -0.2) is 21.4 Å². The highest BCUT2D eigenvalue weighted by Gasteiger charge is 2.39. The van der Waals surface area contributed by atoms with E-state index in [1.807, 2.05) is 13.8 Å². The normalized spacial score (nSPS) is 21.1. The van der Waals surface area contributed by atoms with Gasteiger partial charge < -0.3 is 9.16 Å². The number of hydrogen-bond acceptors (Lipinski definition) is 3. The third kappa shape index (κ3) is 3.59. The largest absolute Gasteiger partial charge is 0.548 e. The van der Waals surface area contributed by atoms with Crippen LogP contribution < -0.4 is 0 Å². The summed E-state index contributed by atoms with van der Waals surface area (Å²) in [5, 5.41) is 0. The van der Waals surface area contributed by atoms with Crippen molar-refractivity contribution in [1.82, 2.24) is 0 Å². The number of hydrogen-bond donors (Lipinski definition) is 0. The van der Waals surface area contributed by atoms with Crippen LogP contribution in [0.2, 0.25) is 19.6 Å². The zero-order valence-corrected chi connectivity index (χ0v) is 12.8. The summed E-state index contributed by atoms with van der Waals surface area (Å²) in [7, 11) is -0.0842. The van der Waals surface area contributed by atoms with E-state index in [1.165, 1.54) is 7.11 Å². The van der Waals surface area contributed by atoms with Crippen LogP contribution in [0.25, 0.3) is 0 Å². The molecule has 1 atom stereocenters. The Bertz CT molecular complexity index is 326. The molecule has 0 spiro atoms. The number of carbonyl (C=O) groups excluding carboxylic acids is 1. The fraction of sp³-hybridized carbons (Fsp3) is 0.769. The molecule has 17 heavy (non-hydrogen) atoms. The molecule has 98 valence electrons. The van der Waals surface area contributed by atoms with Crippen LogP contribution in [0.1, 0.15) is 26.7 Å². The summed E-state index contributed by atoms with van der Waals surface area (Å²) in [5.41, 5.74) is -0.459. The van der Waals surface area contributed by atoms with Gasteiger partial charge in [-0.15, -0.1) is 0 Å². The Labute approximate surface area is 105 Å². The van der Waals surface area contributed by atoms with Gasteiger partial charge in [0.25, 0.3) is 0 Å². The van der Waals surface area contributed by atoms with Crippen LogP contribution in [0.4, 0.5) is 0 Å². The zero-order chi connectivity index (χ0) is 13.3. The molecule has 1 unspecified atom stereocenters. The molecular formula is C13H24O3Si. The second-order valence-corrected chi connectivity index (χ2v) is 10.6.